The summed E-state index contributed by atoms with van der Waals surface area (Å²) >= 11 is 0.615. The molecule has 5 nitrogen and oxygen atoms in total. The highest BCUT2D eigenvalue weighted by Crippen LogP contribution is 2.34. The van der Waals surface area contributed by atoms with Crippen molar-refractivity contribution in [3.05, 3.63) is 5.01 Å². The molecule has 1 atom stereocenters. The molecule has 9 heteroatoms. The molecule has 0 aromatic carbocycles. The first kappa shape index (κ1) is 16.4. The molecule has 21 heavy (non-hydrogen) atoms. The molecule has 1 aliphatic heterocycles. The smallest absolute Gasteiger partial charge is 0.345 e. The average Bonchev–Trinajstić information content (AvgIpc) is 2.81. The molecule has 120 valence electrons. The molecule has 1 aromatic rings. The van der Waals surface area contributed by atoms with Crippen molar-refractivity contribution in [2.75, 3.05) is 44.2 Å². The third-order valence-corrected chi connectivity index (χ3v) is 4.52. The Morgan fingerprint density at radius 1 is 1.24 bits per heavy atom. The van der Waals surface area contributed by atoms with Crippen molar-refractivity contribution in [3.8, 4) is 0 Å². The number of hydrogen-bond donors (Lipinski definition) is 1. The Labute approximate surface area is 125 Å². The molecule has 2 heterocycles. The standard InChI is InChI=1S/C12H20F3N5S/c1-9(7-16)8-19-3-2-4-20(6-5-19)11-18-17-10(21-11)12(13,14)15/h9H,2-8,16H2,1H3. The van der Waals surface area contributed by atoms with Crippen LogP contribution in [0, 0.1) is 5.92 Å². The minimum Gasteiger partial charge on any atom is -0.345 e. The fourth-order valence-corrected chi connectivity index (χ4v) is 3.08. The molecule has 0 amide bonds. The highest BCUT2D eigenvalue weighted by molar-refractivity contribution is 7.15. The zero-order valence-electron chi connectivity index (χ0n) is 11.9. The Bertz CT molecular complexity index is 450. The summed E-state index contributed by atoms with van der Waals surface area (Å²) in [6, 6.07) is 0. The van der Waals surface area contributed by atoms with Crippen LogP contribution in [0.4, 0.5) is 18.3 Å². The monoisotopic (exact) mass is 323 g/mol. The second-order valence-corrected chi connectivity index (χ2v) is 6.33. The number of anilines is 1. The van der Waals surface area contributed by atoms with E-state index in [0.717, 1.165) is 26.1 Å². The topological polar surface area (TPSA) is 58.3 Å². The summed E-state index contributed by atoms with van der Waals surface area (Å²) in [6.07, 6.45) is -3.51. The van der Waals surface area contributed by atoms with Crippen molar-refractivity contribution in [2.24, 2.45) is 11.7 Å². The van der Waals surface area contributed by atoms with E-state index in [2.05, 4.69) is 22.0 Å². The van der Waals surface area contributed by atoms with Gasteiger partial charge >= 0.3 is 6.18 Å². The highest BCUT2D eigenvalue weighted by atomic mass is 32.1. The van der Waals surface area contributed by atoms with Gasteiger partial charge in [0.05, 0.1) is 0 Å². The van der Waals surface area contributed by atoms with Crippen LogP contribution < -0.4 is 10.6 Å². The van der Waals surface area contributed by atoms with Gasteiger partial charge in [0.15, 0.2) is 0 Å². The van der Waals surface area contributed by atoms with Gasteiger partial charge in [-0.15, -0.1) is 10.2 Å². The van der Waals surface area contributed by atoms with Gasteiger partial charge in [-0.1, -0.05) is 18.3 Å². The molecule has 1 aliphatic rings. The average molecular weight is 323 g/mol. The van der Waals surface area contributed by atoms with Gasteiger partial charge in [-0.25, -0.2) is 0 Å². The summed E-state index contributed by atoms with van der Waals surface area (Å²) < 4.78 is 37.7. The van der Waals surface area contributed by atoms with E-state index < -0.39 is 11.2 Å². The van der Waals surface area contributed by atoms with Crippen molar-refractivity contribution < 1.29 is 13.2 Å². The van der Waals surface area contributed by atoms with E-state index in [1.807, 2.05) is 4.90 Å². The number of halogens is 3. The van der Waals surface area contributed by atoms with Gasteiger partial charge in [0, 0.05) is 26.2 Å². The van der Waals surface area contributed by atoms with Crippen LogP contribution in [-0.2, 0) is 6.18 Å². The highest BCUT2D eigenvalue weighted by Gasteiger charge is 2.36. The molecule has 1 aromatic heterocycles. The van der Waals surface area contributed by atoms with E-state index in [4.69, 9.17) is 5.73 Å². The van der Waals surface area contributed by atoms with Gasteiger partial charge in [-0.3, -0.25) is 0 Å². The van der Waals surface area contributed by atoms with Crippen molar-refractivity contribution in [2.45, 2.75) is 19.5 Å². The molecule has 2 N–H and O–H groups in total. The fourth-order valence-electron chi connectivity index (χ4n) is 2.32. The second kappa shape index (κ2) is 6.89. The summed E-state index contributed by atoms with van der Waals surface area (Å²) in [5.74, 6) is 0.426. The van der Waals surface area contributed by atoms with Crippen molar-refractivity contribution in [1.29, 1.82) is 0 Å². The molecule has 1 unspecified atom stereocenters. The third-order valence-electron chi connectivity index (χ3n) is 3.49. The van der Waals surface area contributed by atoms with Crippen LogP contribution in [-0.4, -0.2) is 54.4 Å². The lowest BCUT2D eigenvalue weighted by Gasteiger charge is -2.23. The maximum Gasteiger partial charge on any atom is 0.445 e. The normalized spacial score (nSPS) is 19.6. The molecule has 0 radical (unpaired) electrons. The van der Waals surface area contributed by atoms with E-state index >= 15 is 0 Å². The summed E-state index contributed by atoms with van der Waals surface area (Å²) in [4.78, 5) is 4.20. The lowest BCUT2D eigenvalue weighted by molar-refractivity contribution is -0.138. The first-order valence-electron chi connectivity index (χ1n) is 6.98. The molecule has 1 saturated heterocycles. The fraction of sp³-hybridized carbons (Fsp3) is 0.833. The number of alkyl halides is 3. The summed E-state index contributed by atoms with van der Waals surface area (Å²) in [5, 5.41) is 6.41. The number of aromatic nitrogens is 2. The number of nitrogens with two attached hydrogens (primary N) is 1. The Morgan fingerprint density at radius 3 is 2.62 bits per heavy atom. The molecule has 0 bridgehead atoms. The molecule has 0 spiro atoms. The van der Waals surface area contributed by atoms with Crippen LogP contribution in [0.25, 0.3) is 0 Å². The van der Waals surface area contributed by atoms with Gasteiger partial charge in [0.25, 0.3) is 0 Å². The van der Waals surface area contributed by atoms with Gasteiger partial charge in [-0.05, 0) is 25.4 Å². The minimum absolute atomic E-state index is 0.357. The summed E-state index contributed by atoms with van der Waals surface area (Å²) in [7, 11) is 0. The lowest BCUT2D eigenvalue weighted by Crippen LogP contribution is -2.35. The largest absolute Gasteiger partial charge is 0.445 e. The molecule has 1 fully saturated rings. The van der Waals surface area contributed by atoms with Crippen molar-refractivity contribution in [3.63, 3.8) is 0 Å². The molecule has 0 aliphatic carbocycles. The second-order valence-electron chi connectivity index (χ2n) is 5.37. The van der Waals surface area contributed by atoms with E-state index in [0.29, 0.717) is 42.0 Å². The van der Waals surface area contributed by atoms with Crippen molar-refractivity contribution >= 4 is 16.5 Å². The van der Waals surface area contributed by atoms with Crippen molar-refractivity contribution in [1.82, 2.24) is 15.1 Å². The Balaban J connectivity index is 1.95. The minimum atomic E-state index is -4.41. The van der Waals surface area contributed by atoms with Crippen LogP contribution in [0.3, 0.4) is 0 Å². The number of hydrogen-bond acceptors (Lipinski definition) is 6. The van der Waals surface area contributed by atoms with Crippen LogP contribution in [0.5, 0.6) is 0 Å². The van der Waals surface area contributed by atoms with Gasteiger partial charge in [-0.2, -0.15) is 13.2 Å². The quantitative estimate of drug-likeness (QED) is 0.913. The SMILES string of the molecule is CC(CN)CN1CCCN(c2nnc(C(F)(F)F)s2)CC1. The summed E-state index contributed by atoms with van der Waals surface area (Å²) in [6.45, 7) is 6.80. The predicted molar refractivity (Wildman–Crippen MR) is 76.4 cm³/mol. The van der Waals surface area contributed by atoms with Crippen LogP contribution >= 0.6 is 11.3 Å². The zero-order valence-corrected chi connectivity index (χ0v) is 12.8. The Morgan fingerprint density at radius 2 is 2.00 bits per heavy atom. The van der Waals surface area contributed by atoms with E-state index in [9.17, 15) is 13.2 Å². The predicted octanol–water partition coefficient (Wildman–Crippen LogP) is 1.66. The zero-order chi connectivity index (χ0) is 15.5. The first-order valence-corrected chi connectivity index (χ1v) is 7.80. The van der Waals surface area contributed by atoms with Gasteiger partial charge < -0.3 is 15.5 Å². The van der Waals surface area contributed by atoms with E-state index in [-0.39, 0.29) is 0 Å². The maximum absolute atomic E-state index is 12.6. The van der Waals surface area contributed by atoms with Crippen LogP contribution in [0.1, 0.15) is 18.4 Å². The lowest BCUT2D eigenvalue weighted by atomic mass is 10.1. The Kier molecular flexibility index (Phi) is 5.39. The van der Waals surface area contributed by atoms with E-state index in [1.54, 1.807) is 0 Å². The molecule has 0 saturated carbocycles. The third kappa shape index (κ3) is 4.52. The molecule has 2 rings (SSSR count). The Hall–Kier alpha value is -0.930. The summed E-state index contributed by atoms with van der Waals surface area (Å²) in [5.41, 5.74) is 5.63. The van der Waals surface area contributed by atoms with Gasteiger partial charge in [0.1, 0.15) is 0 Å². The van der Waals surface area contributed by atoms with Crippen LogP contribution in [0.15, 0.2) is 0 Å². The first-order chi connectivity index (χ1) is 9.90. The molecular weight excluding hydrogens is 303 g/mol. The number of rotatable bonds is 4. The van der Waals surface area contributed by atoms with Crippen LogP contribution in [0.2, 0.25) is 0 Å². The number of nitrogens with zero attached hydrogens (tertiary/aromatic N) is 4. The maximum atomic E-state index is 12.6. The van der Waals surface area contributed by atoms with Gasteiger partial charge in [0.2, 0.25) is 10.1 Å². The van der Waals surface area contributed by atoms with E-state index in [1.165, 1.54) is 0 Å². The molecular formula is C12H20F3N5S.